The van der Waals surface area contributed by atoms with Crippen LogP contribution in [0, 0.1) is 12.8 Å². The van der Waals surface area contributed by atoms with Gasteiger partial charge in [-0.3, -0.25) is 0 Å². The molecule has 0 amide bonds. The van der Waals surface area contributed by atoms with Gasteiger partial charge < -0.3 is 9.84 Å². The predicted molar refractivity (Wildman–Crippen MR) is 70.2 cm³/mol. The van der Waals surface area contributed by atoms with E-state index in [1.54, 1.807) is 19.1 Å². The first kappa shape index (κ1) is 12.9. The van der Waals surface area contributed by atoms with Crippen molar-refractivity contribution in [2.75, 3.05) is 6.61 Å². The van der Waals surface area contributed by atoms with Crippen LogP contribution in [0.25, 0.3) is 0 Å². The standard InChI is InChI=1S/C15H20O3/c1-11-13(15(16)17)7-4-8-14(11)18-10-9-12-5-2-3-6-12/h4,7-8,12H,2-3,5-6,9-10H2,1H3,(H,16,17). The van der Waals surface area contributed by atoms with E-state index in [1.807, 2.05) is 6.07 Å². The molecule has 0 unspecified atom stereocenters. The highest BCUT2D eigenvalue weighted by Gasteiger charge is 2.15. The van der Waals surface area contributed by atoms with E-state index in [1.165, 1.54) is 25.7 Å². The molecule has 0 aromatic heterocycles. The second-order valence-electron chi connectivity index (χ2n) is 5.02. The molecule has 0 radical (unpaired) electrons. The molecule has 1 aromatic rings. The topological polar surface area (TPSA) is 46.5 Å². The Labute approximate surface area is 108 Å². The maximum Gasteiger partial charge on any atom is 0.336 e. The molecule has 1 N–H and O–H groups in total. The van der Waals surface area contributed by atoms with E-state index >= 15 is 0 Å². The van der Waals surface area contributed by atoms with Crippen molar-refractivity contribution < 1.29 is 14.6 Å². The molecule has 0 heterocycles. The zero-order valence-corrected chi connectivity index (χ0v) is 10.8. The molecule has 2 rings (SSSR count). The first-order chi connectivity index (χ1) is 8.68. The Hall–Kier alpha value is -1.51. The zero-order chi connectivity index (χ0) is 13.0. The van der Waals surface area contributed by atoms with Crippen molar-refractivity contribution in [2.24, 2.45) is 5.92 Å². The van der Waals surface area contributed by atoms with Crippen molar-refractivity contribution in [1.29, 1.82) is 0 Å². The minimum Gasteiger partial charge on any atom is -0.493 e. The molecule has 3 heteroatoms. The van der Waals surface area contributed by atoms with Crippen molar-refractivity contribution >= 4 is 5.97 Å². The van der Waals surface area contributed by atoms with Crippen LogP contribution in [0.4, 0.5) is 0 Å². The molecule has 1 aliphatic rings. The van der Waals surface area contributed by atoms with Crippen molar-refractivity contribution in [3.05, 3.63) is 29.3 Å². The molecule has 0 aliphatic heterocycles. The molecular formula is C15H20O3. The van der Waals surface area contributed by atoms with E-state index in [4.69, 9.17) is 9.84 Å². The van der Waals surface area contributed by atoms with Crippen LogP contribution in [0.5, 0.6) is 5.75 Å². The largest absolute Gasteiger partial charge is 0.493 e. The number of aromatic carboxylic acids is 1. The fraction of sp³-hybridized carbons (Fsp3) is 0.533. The van der Waals surface area contributed by atoms with Crippen LogP contribution in [-0.2, 0) is 0 Å². The Kier molecular flexibility index (Phi) is 4.24. The van der Waals surface area contributed by atoms with Gasteiger partial charge >= 0.3 is 5.97 Å². The number of benzene rings is 1. The van der Waals surface area contributed by atoms with Crippen LogP contribution in [0.15, 0.2) is 18.2 Å². The monoisotopic (exact) mass is 248 g/mol. The lowest BCUT2D eigenvalue weighted by Gasteiger charge is -2.13. The summed E-state index contributed by atoms with van der Waals surface area (Å²) >= 11 is 0. The summed E-state index contributed by atoms with van der Waals surface area (Å²) in [6.07, 6.45) is 6.40. The number of ether oxygens (including phenoxy) is 1. The second-order valence-corrected chi connectivity index (χ2v) is 5.02. The molecule has 3 nitrogen and oxygen atoms in total. The van der Waals surface area contributed by atoms with Crippen LogP contribution < -0.4 is 4.74 Å². The van der Waals surface area contributed by atoms with Crippen LogP contribution in [0.2, 0.25) is 0 Å². The third kappa shape index (κ3) is 3.03. The fourth-order valence-corrected chi connectivity index (χ4v) is 2.64. The first-order valence-corrected chi connectivity index (χ1v) is 6.64. The lowest BCUT2D eigenvalue weighted by Crippen LogP contribution is -2.06. The third-order valence-corrected chi connectivity index (χ3v) is 3.77. The smallest absolute Gasteiger partial charge is 0.336 e. The van der Waals surface area contributed by atoms with Gasteiger partial charge in [0.1, 0.15) is 5.75 Å². The number of carboxylic acids is 1. The molecular weight excluding hydrogens is 228 g/mol. The van der Waals surface area contributed by atoms with Crippen molar-refractivity contribution in [3.8, 4) is 5.75 Å². The fourth-order valence-electron chi connectivity index (χ4n) is 2.64. The molecule has 98 valence electrons. The van der Waals surface area contributed by atoms with Crippen molar-refractivity contribution in [3.63, 3.8) is 0 Å². The Balaban J connectivity index is 1.92. The number of carbonyl (C=O) groups is 1. The summed E-state index contributed by atoms with van der Waals surface area (Å²) < 4.78 is 5.73. The normalized spacial score (nSPS) is 15.8. The predicted octanol–water partition coefficient (Wildman–Crippen LogP) is 3.65. The zero-order valence-electron chi connectivity index (χ0n) is 10.8. The lowest BCUT2D eigenvalue weighted by molar-refractivity contribution is 0.0695. The highest BCUT2D eigenvalue weighted by molar-refractivity contribution is 5.90. The molecule has 0 spiro atoms. The SMILES string of the molecule is Cc1c(OCCC2CCCC2)cccc1C(=O)O. The highest BCUT2D eigenvalue weighted by atomic mass is 16.5. The highest BCUT2D eigenvalue weighted by Crippen LogP contribution is 2.28. The summed E-state index contributed by atoms with van der Waals surface area (Å²) in [6.45, 7) is 2.49. The third-order valence-electron chi connectivity index (χ3n) is 3.77. The average molecular weight is 248 g/mol. The average Bonchev–Trinajstić information content (AvgIpc) is 2.84. The minimum absolute atomic E-state index is 0.327. The Bertz CT molecular complexity index is 420. The van der Waals surface area contributed by atoms with Gasteiger partial charge in [0.05, 0.1) is 12.2 Å². The number of hydrogen-bond acceptors (Lipinski definition) is 2. The van der Waals surface area contributed by atoms with Gasteiger partial charge in [-0.25, -0.2) is 4.79 Å². The first-order valence-electron chi connectivity index (χ1n) is 6.64. The van der Waals surface area contributed by atoms with Crippen LogP contribution in [0.1, 0.15) is 48.0 Å². The van der Waals surface area contributed by atoms with Gasteiger partial charge in [-0.1, -0.05) is 31.7 Å². The number of hydrogen-bond donors (Lipinski definition) is 1. The quantitative estimate of drug-likeness (QED) is 0.865. The van der Waals surface area contributed by atoms with Gasteiger partial charge in [0.15, 0.2) is 0 Å². The minimum atomic E-state index is -0.895. The van der Waals surface area contributed by atoms with Crippen LogP contribution in [-0.4, -0.2) is 17.7 Å². The molecule has 0 bridgehead atoms. The molecule has 0 saturated heterocycles. The molecule has 1 aromatic carbocycles. The molecule has 1 saturated carbocycles. The maximum atomic E-state index is 11.0. The summed E-state index contributed by atoms with van der Waals surface area (Å²) in [4.78, 5) is 11.0. The van der Waals surface area contributed by atoms with E-state index < -0.39 is 5.97 Å². The van der Waals surface area contributed by atoms with E-state index in [-0.39, 0.29) is 0 Å². The van der Waals surface area contributed by atoms with Gasteiger partial charge in [-0.2, -0.15) is 0 Å². The van der Waals surface area contributed by atoms with E-state index in [0.717, 1.165) is 17.9 Å². The van der Waals surface area contributed by atoms with Crippen LogP contribution >= 0.6 is 0 Å². The van der Waals surface area contributed by atoms with Gasteiger partial charge in [0.25, 0.3) is 0 Å². The summed E-state index contributed by atoms with van der Waals surface area (Å²) in [5, 5.41) is 9.03. The number of carboxylic acid groups (broad SMARTS) is 1. The van der Waals surface area contributed by atoms with E-state index in [9.17, 15) is 4.79 Å². The molecule has 1 fully saturated rings. The van der Waals surface area contributed by atoms with Crippen molar-refractivity contribution in [2.45, 2.75) is 39.0 Å². The van der Waals surface area contributed by atoms with E-state index in [2.05, 4.69) is 0 Å². The maximum absolute atomic E-state index is 11.0. The number of rotatable bonds is 5. The lowest BCUT2D eigenvalue weighted by atomic mass is 10.1. The summed E-state index contributed by atoms with van der Waals surface area (Å²) in [7, 11) is 0. The molecule has 18 heavy (non-hydrogen) atoms. The molecule has 1 aliphatic carbocycles. The Morgan fingerprint density at radius 3 is 2.78 bits per heavy atom. The van der Waals surface area contributed by atoms with Gasteiger partial charge in [0, 0.05) is 5.56 Å². The van der Waals surface area contributed by atoms with Crippen molar-refractivity contribution in [1.82, 2.24) is 0 Å². The van der Waals surface area contributed by atoms with Gasteiger partial charge in [0.2, 0.25) is 0 Å². The van der Waals surface area contributed by atoms with Crippen LogP contribution in [0.3, 0.4) is 0 Å². The second kappa shape index (κ2) is 5.89. The summed E-state index contributed by atoms with van der Waals surface area (Å²) in [5.41, 5.74) is 1.05. The Morgan fingerprint density at radius 2 is 2.11 bits per heavy atom. The van der Waals surface area contributed by atoms with Gasteiger partial charge in [-0.15, -0.1) is 0 Å². The summed E-state index contributed by atoms with van der Waals surface area (Å²) in [6, 6.07) is 5.19. The Morgan fingerprint density at radius 1 is 1.39 bits per heavy atom. The van der Waals surface area contributed by atoms with E-state index in [0.29, 0.717) is 17.9 Å². The molecule has 0 atom stereocenters. The van der Waals surface area contributed by atoms with Gasteiger partial charge in [-0.05, 0) is 31.4 Å². The summed E-state index contributed by atoms with van der Waals surface area (Å²) in [5.74, 6) is 0.606.